The minimum atomic E-state index is -3.64. The van der Waals surface area contributed by atoms with Gasteiger partial charge in [-0.05, 0) is 55.2 Å². The van der Waals surface area contributed by atoms with E-state index in [1.165, 1.54) is 25.0 Å². The van der Waals surface area contributed by atoms with Gasteiger partial charge in [0.05, 0.1) is 4.90 Å². The summed E-state index contributed by atoms with van der Waals surface area (Å²) in [6, 6.07) is 15.0. The molecule has 5 nitrogen and oxygen atoms in total. The van der Waals surface area contributed by atoms with Crippen molar-refractivity contribution in [2.75, 3.05) is 10.0 Å². The number of para-hydroxylation sites is 1. The molecule has 3 rings (SSSR count). The number of carbonyl (C=O) groups is 1. The van der Waals surface area contributed by atoms with Gasteiger partial charge in [0, 0.05) is 17.8 Å². The van der Waals surface area contributed by atoms with Crippen molar-refractivity contribution in [2.45, 2.75) is 37.0 Å². The summed E-state index contributed by atoms with van der Waals surface area (Å²) in [6.07, 6.45) is 5.19. The Morgan fingerprint density at radius 2 is 1.56 bits per heavy atom. The molecule has 2 aromatic carbocycles. The Bertz CT molecular complexity index is 812. The number of sulfonamides is 1. The van der Waals surface area contributed by atoms with Crippen molar-refractivity contribution < 1.29 is 13.2 Å². The van der Waals surface area contributed by atoms with Crippen LogP contribution < -0.4 is 10.0 Å². The second kappa shape index (κ2) is 7.70. The molecule has 0 radical (unpaired) electrons. The predicted molar refractivity (Wildman–Crippen MR) is 98.9 cm³/mol. The molecule has 1 fully saturated rings. The number of nitrogens with one attached hydrogen (secondary N) is 2. The summed E-state index contributed by atoms with van der Waals surface area (Å²) < 4.78 is 27.3. The maximum absolute atomic E-state index is 12.4. The molecule has 0 aromatic heterocycles. The van der Waals surface area contributed by atoms with Crippen LogP contribution in [0.25, 0.3) is 0 Å². The van der Waals surface area contributed by atoms with Crippen LogP contribution in [0.1, 0.15) is 32.1 Å². The van der Waals surface area contributed by atoms with E-state index in [1.807, 2.05) is 6.07 Å². The molecule has 1 aliphatic rings. The molecule has 0 atom stereocenters. The minimum absolute atomic E-state index is 0.00934. The van der Waals surface area contributed by atoms with Crippen LogP contribution in [0.15, 0.2) is 59.5 Å². The molecule has 1 amide bonds. The van der Waals surface area contributed by atoms with E-state index in [1.54, 1.807) is 36.4 Å². The molecule has 132 valence electrons. The molecule has 0 unspecified atom stereocenters. The standard InChI is InChI=1S/C19H22N2O3S/c22-19(14-15-6-4-5-7-15)20-16-10-12-18(13-11-16)25(23,24)21-17-8-2-1-3-9-17/h1-3,8-13,15,21H,4-7,14H2,(H,20,22). The zero-order chi connectivity index (χ0) is 17.7. The molecule has 1 saturated carbocycles. The van der Waals surface area contributed by atoms with Crippen molar-refractivity contribution in [1.82, 2.24) is 0 Å². The summed E-state index contributed by atoms with van der Waals surface area (Å²) in [7, 11) is -3.64. The Balaban J connectivity index is 1.62. The average molecular weight is 358 g/mol. The third-order valence-electron chi connectivity index (χ3n) is 4.42. The second-order valence-corrected chi connectivity index (χ2v) is 8.08. The first-order valence-electron chi connectivity index (χ1n) is 8.51. The van der Waals surface area contributed by atoms with Crippen molar-refractivity contribution in [1.29, 1.82) is 0 Å². The Morgan fingerprint density at radius 3 is 2.20 bits per heavy atom. The van der Waals surface area contributed by atoms with Crippen LogP contribution in [0.3, 0.4) is 0 Å². The lowest BCUT2D eigenvalue weighted by Gasteiger charge is -2.11. The van der Waals surface area contributed by atoms with Gasteiger partial charge in [0.15, 0.2) is 0 Å². The first-order chi connectivity index (χ1) is 12.0. The van der Waals surface area contributed by atoms with Crippen molar-refractivity contribution in [3.05, 3.63) is 54.6 Å². The van der Waals surface area contributed by atoms with Gasteiger partial charge in [0.25, 0.3) is 10.0 Å². The van der Waals surface area contributed by atoms with E-state index in [0.717, 1.165) is 12.8 Å². The van der Waals surface area contributed by atoms with E-state index in [-0.39, 0.29) is 10.8 Å². The van der Waals surface area contributed by atoms with Gasteiger partial charge in [-0.25, -0.2) is 8.42 Å². The van der Waals surface area contributed by atoms with E-state index in [4.69, 9.17) is 0 Å². The fourth-order valence-corrected chi connectivity index (χ4v) is 4.19. The van der Waals surface area contributed by atoms with Crippen molar-refractivity contribution in [3.63, 3.8) is 0 Å². The van der Waals surface area contributed by atoms with E-state index in [9.17, 15) is 13.2 Å². The number of rotatable bonds is 6. The van der Waals surface area contributed by atoms with Crippen molar-refractivity contribution in [2.24, 2.45) is 5.92 Å². The minimum Gasteiger partial charge on any atom is -0.326 e. The smallest absolute Gasteiger partial charge is 0.261 e. The monoisotopic (exact) mass is 358 g/mol. The molecule has 6 heteroatoms. The SMILES string of the molecule is O=C(CC1CCCC1)Nc1ccc(S(=O)(=O)Nc2ccccc2)cc1. The highest BCUT2D eigenvalue weighted by Crippen LogP contribution is 2.28. The van der Waals surface area contributed by atoms with Crippen LogP contribution in [0, 0.1) is 5.92 Å². The zero-order valence-electron chi connectivity index (χ0n) is 13.9. The number of hydrogen-bond donors (Lipinski definition) is 2. The molecular weight excluding hydrogens is 336 g/mol. The average Bonchev–Trinajstić information content (AvgIpc) is 3.08. The Hall–Kier alpha value is -2.34. The fraction of sp³-hybridized carbons (Fsp3) is 0.316. The van der Waals surface area contributed by atoms with Gasteiger partial charge in [0.2, 0.25) is 5.91 Å². The Morgan fingerprint density at radius 1 is 0.920 bits per heavy atom. The molecule has 2 aromatic rings. The molecule has 0 aliphatic heterocycles. The molecule has 1 aliphatic carbocycles. The Kier molecular flexibility index (Phi) is 5.38. The molecule has 0 spiro atoms. The lowest BCUT2D eigenvalue weighted by atomic mass is 10.0. The molecule has 2 N–H and O–H groups in total. The van der Waals surface area contributed by atoms with Gasteiger partial charge in [-0.2, -0.15) is 0 Å². The van der Waals surface area contributed by atoms with Gasteiger partial charge in [-0.1, -0.05) is 31.0 Å². The predicted octanol–water partition coefficient (Wildman–Crippen LogP) is 4.01. The third-order valence-corrected chi connectivity index (χ3v) is 5.82. The summed E-state index contributed by atoms with van der Waals surface area (Å²) in [4.78, 5) is 12.2. The van der Waals surface area contributed by atoms with Crippen molar-refractivity contribution >= 4 is 27.3 Å². The molecule has 25 heavy (non-hydrogen) atoms. The number of hydrogen-bond acceptors (Lipinski definition) is 3. The first kappa shape index (κ1) is 17.5. The second-order valence-electron chi connectivity index (χ2n) is 6.40. The molecule has 0 bridgehead atoms. The van der Waals surface area contributed by atoms with Gasteiger partial charge >= 0.3 is 0 Å². The normalized spacial score (nSPS) is 15.0. The number of benzene rings is 2. The summed E-state index contributed by atoms with van der Waals surface area (Å²) in [5, 5.41) is 2.84. The highest BCUT2D eigenvalue weighted by Gasteiger charge is 2.19. The summed E-state index contributed by atoms with van der Waals surface area (Å²) in [5.41, 5.74) is 1.12. The number of anilines is 2. The third kappa shape index (κ3) is 4.82. The molecular formula is C19H22N2O3S. The highest BCUT2D eigenvalue weighted by atomic mass is 32.2. The number of carbonyl (C=O) groups excluding carboxylic acids is 1. The summed E-state index contributed by atoms with van der Waals surface area (Å²) >= 11 is 0. The van der Waals surface area contributed by atoms with Crippen LogP contribution in [-0.4, -0.2) is 14.3 Å². The van der Waals surface area contributed by atoms with E-state index < -0.39 is 10.0 Å². The van der Waals surface area contributed by atoms with Gasteiger partial charge in [0.1, 0.15) is 0 Å². The lowest BCUT2D eigenvalue weighted by molar-refractivity contribution is -0.117. The van der Waals surface area contributed by atoms with Crippen molar-refractivity contribution in [3.8, 4) is 0 Å². The van der Waals surface area contributed by atoms with E-state index in [0.29, 0.717) is 23.7 Å². The zero-order valence-corrected chi connectivity index (χ0v) is 14.8. The maximum Gasteiger partial charge on any atom is 0.261 e. The van der Waals surface area contributed by atoms with Gasteiger partial charge < -0.3 is 5.32 Å². The largest absolute Gasteiger partial charge is 0.326 e. The van der Waals surface area contributed by atoms with Crippen LogP contribution >= 0.6 is 0 Å². The first-order valence-corrected chi connectivity index (χ1v) is 9.99. The van der Waals surface area contributed by atoms with Crippen LogP contribution in [-0.2, 0) is 14.8 Å². The quantitative estimate of drug-likeness (QED) is 0.819. The molecule has 0 heterocycles. The van der Waals surface area contributed by atoms with Gasteiger partial charge in [-0.15, -0.1) is 0 Å². The van der Waals surface area contributed by atoms with Crippen LogP contribution in [0.5, 0.6) is 0 Å². The highest BCUT2D eigenvalue weighted by molar-refractivity contribution is 7.92. The van der Waals surface area contributed by atoms with Gasteiger partial charge in [-0.3, -0.25) is 9.52 Å². The lowest BCUT2D eigenvalue weighted by Crippen LogP contribution is -2.16. The fourth-order valence-electron chi connectivity index (χ4n) is 3.13. The van der Waals surface area contributed by atoms with Crippen LogP contribution in [0.4, 0.5) is 11.4 Å². The number of amides is 1. The molecule has 0 saturated heterocycles. The topological polar surface area (TPSA) is 75.3 Å². The van der Waals surface area contributed by atoms with E-state index >= 15 is 0 Å². The Labute approximate surface area is 148 Å². The summed E-state index contributed by atoms with van der Waals surface area (Å²) in [5.74, 6) is 0.472. The summed E-state index contributed by atoms with van der Waals surface area (Å²) in [6.45, 7) is 0. The maximum atomic E-state index is 12.4. The van der Waals surface area contributed by atoms with Crippen LogP contribution in [0.2, 0.25) is 0 Å². The van der Waals surface area contributed by atoms with E-state index in [2.05, 4.69) is 10.0 Å².